The van der Waals surface area contributed by atoms with E-state index in [0.717, 1.165) is 37.4 Å². The first-order chi connectivity index (χ1) is 12.5. The lowest BCUT2D eigenvalue weighted by atomic mass is 9.83. The number of nitrogens with one attached hydrogen (secondary N) is 1. The van der Waals surface area contributed by atoms with Gasteiger partial charge in [-0.05, 0) is 42.8 Å². The van der Waals surface area contributed by atoms with Crippen LogP contribution in [0.25, 0.3) is 0 Å². The van der Waals surface area contributed by atoms with E-state index in [2.05, 4.69) is 10.2 Å². The fourth-order valence-corrected chi connectivity index (χ4v) is 4.20. The van der Waals surface area contributed by atoms with Crippen molar-refractivity contribution in [3.05, 3.63) is 68.6 Å². The summed E-state index contributed by atoms with van der Waals surface area (Å²) in [5.74, 6) is 0.672. The number of piperidine rings is 1. The Morgan fingerprint density at radius 1 is 1.15 bits per heavy atom. The molecule has 1 aromatic carbocycles. The maximum atomic E-state index is 12.1. The number of nitro benzene ring substituents is 1. The lowest BCUT2D eigenvalue weighted by molar-refractivity contribution is -0.384. The number of non-ortho nitro benzene ring substituents is 1. The molecule has 134 valence electrons. The van der Waals surface area contributed by atoms with E-state index in [9.17, 15) is 14.9 Å². The molecule has 0 saturated carbocycles. The van der Waals surface area contributed by atoms with E-state index in [1.54, 1.807) is 18.2 Å². The zero-order chi connectivity index (χ0) is 18.3. The molecule has 1 aromatic heterocycles. The lowest BCUT2D eigenvalue weighted by Crippen LogP contribution is -2.50. The minimum absolute atomic E-state index is 0.0519. The zero-order valence-corrected chi connectivity index (χ0v) is 14.8. The van der Waals surface area contributed by atoms with Crippen LogP contribution < -0.4 is 10.9 Å². The topological polar surface area (TPSA) is 80.4 Å². The predicted octanol–water partition coefficient (Wildman–Crippen LogP) is 2.57. The number of aromatic nitrogens is 1. The molecule has 2 aliphatic heterocycles. The molecule has 2 aromatic rings. The van der Waals surface area contributed by atoms with Crippen molar-refractivity contribution in [3.8, 4) is 0 Å². The highest BCUT2D eigenvalue weighted by Crippen LogP contribution is 2.35. The Morgan fingerprint density at radius 2 is 1.92 bits per heavy atom. The van der Waals surface area contributed by atoms with E-state index < -0.39 is 4.92 Å². The van der Waals surface area contributed by atoms with Crippen molar-refractivity contribution in [3.63, 3.8) is 0 Å². The number of benzene rings is 1. The predicted molar refractivity (Wildman–Crippen MR) is 102 cm³/mol. The van der Waals surface area contributed by atoms with Crippen LogP contribution in [0.5, 0.6) is 0 Å². The monoisotopic (exact) mass is 370 g/mol. The Kier molecular flexibility index (Phi) is 4.20. The quantitative estimate of drug-likeness (QED) is 0.497. The first-order valence-corrected chi connectivity index (χ1v) is 8.92. The second-order valence-electron chi connectivity index (χ2n) is 6.84. The third-order valence-corrected chi connectivity index (χ3v) is 5.46. The van der Waals surface area contributed by atoms with Gasteiger partial charge in [-0.1, -0.05) is 6.07 Å². The molecule has 0 spiro atoms. The van der Waals surface area contributed by atoms with E-state index in [1.165, 1.54) is 12.1 Å². The third kappa shape index (κ3) is 3.08. The van der Waals surface area contributed by atoms with Crippen molar-refractivity contribution < 1.29 is 4.92 Å². The smallest absolute Gasteiger partial charge is 0.269 e. The minimum atomic E-state index is -0.423. The normalized spacial score (nSPS) is 21.0. The first-order valence-electron chi connectivity index (χ1n) is 8.51. The van der Waals surface area contributed by atoms with Crippen molar-refractivity contribution in [2.24, 2.45) is 5.92 Å². The van der Waals surface area contributed by atoms with Crippen molar-refractivity contribution in [1.29, 1.82) is 0 Å². The molecule has 0 unspecified atom stereocenters. The summed E-state index contributed by atoms with van der Waals surface area (Å²) in [6, 6.07) is 11.7. The minimum Gasteiger partial charge on any atom is -0.348 e. The molecule has 2 atom stereocenters. The first kappa shape index (κ1) is 16.7. The van der Waals surface area contributed by atoms with Gasteiger partial charge in [-0.25, -0.2) is 0 Å². The molecule has 0 radical (unpaired) electrons. The molecule has 1 N–H and O–H groups in total. The number of anilines is 1. The number of pyridine rings is 1. The van der Waals surface area contributed by atoms with Gasteiger partial charge in [0.05, 0.1) is 4.92 Å². The van der Waals surface area contributed by atoms with E-state index in [1.807, 2.05) is 16.7 Å². The molecule has 0 amide bonds. The Balaban J connectivity index is 1.49. The Bertz CT molecular complexity index is 925. The highest BCUT2D eigenvalue weighted by Gasteiger charge is 2.35. The van der Waals surface area contributed by atoms with Crippen LogP contribution in [0.1, 0.15) is 18.0 Å². The largest absolute Gasteiger partial charge is 0.348 e. The maximum absolute atomic E-state index is 12.1. The Morgan fingerprint density at radius 3 is 2.65 bits per heavy atom. The van der Waals surface area contributed by atoms with Gasteiger partial charge < -0.3 is 14.8 Å². The molecule has 2 bridgehead atoms. The van der Waals surface area contributed by atoms with Crippen LogP contribution in [0, 0.1) is 16.0 Å². The highest BCUT2D eigenvalue weighted by molar-refractivity contribution is 7.80. The number of fused-ring (bicyclic) bond motifs is 4. The molecule has 7 nitrogen and oxygen atoms in total. The molecule has 1 saturated heterocycles. The van der Waals surface area contributed by atoms with Crippen LogP contribution in [0.2, 0.25) is 0 Å². The van der Waals surface area contributed by atoms with E-state index in [-0.39, 0.29) is 17.2 Å². The van der Waals surface area contributed by atoms with E-state index >= 15 is 0 Å². The molecule has 3 heterocycles. The maximum Gasteiger partial charge on any atom is 0.269 e. The van der Waals surface area contributed by atoms with Gasteiger partial charge in [-0.15, -0.1) is 0 Å². The standard InChI is InChI=1S/C18H18N4O3S/c23-17-3-1-2-16-13-8-12(10-21(16)17)9-20(11-13)18(26)19-14-4-6-15(7-5-14)22(24)25/h1-7,12-13H,8-11H2,(H,19,26)/t12-,13-/m1/s1. The molecule has 1 fully saturated rings. The number of nitro groups is 1. The SMILES string of the molecule is O=c1cccc2n1C[C@@H]1C[C@@H]2CN(C(=S)Nc2ccc([N+](=O)[O-])cc2)C1. The van der Waals surface area contributed by atoms with Crippen molar-refractivity contribution in [1.82, 2.24) is 9.47 Å². The van der Waals surface area contributed by atoms with Gasteiger partial charge in [0.15, 0.2) is 5.11 Å². The van der Waals surface area contributed by atoms with Gasteiger partial charge in [0.2, 0.25) is 0 Å². The number of likely N-dealkylation sites (tertiary alicyclic amines) is 1. The molecule has 8 heteroatoms. The summed E-state index contributed by atoms with van der Waals surface area (Å²) in [5.41, 5.74) is 1.93. The second kappa shape index (κ2) is 6.53. The number of nitrogens with zero attached hydrogens (tertiary/aromatic N) is 3. The van der Waals surface area contributed by atoms with Gasteiger partial charge in [0.25, 0.3) is 11.2 Å². The summed E-state index contributed by atoms with van der Waals surface area (Å²) in [5, 5.41) is 14.5. The number of hydrogen-bond donors (Lipinski definition) is 1. The van der Waals surface area contributed by atoms with Crippen LogP contribution in [0.3, 0.4) is 0 Å². The van der Waals surface area contributed by atoms with E-state index in [0.29, 0.717) is 11.0 Å². The Hall–Kier alpha value is -2.74. The summed E-state index contributed by atoms with van der Waals surface area (Å²) >= 11 is 5.56. The van der Waals surface area contributed by atoms with Crippen LogP contribution >= 0.6 is 12.2 Å². The van der Waals surface area contributed by atoms with Gasteiger partial charge in [-0.3, -0.25) is 14.9 Å². The average Bonchev–Trinajstić information content (AvgIpc) is 2.63. The van der Waals surface area contributed by atoms with Crippen LogP contribution in [0.4, 0.5) is 11.4 Å². The van der Waals surface area contributed by atoms with Crippen LogP contribution in [-0.4, -0.2) is 32.6 Å². The van der Waals surface area contributed by atoms with Gasteiger partial charge in [0, 0.05) is 55.1 Å². The van der Waals surface area contributed by atoms with Crippen molar-refractivity contribution in [2.45, 2.75) is 18.9 Å². The van der Waals surface area contributed by atoms with Gasteiger partial charge in [0.1, 0.15) is 0 Å². The van der Waals surface area contributed by atoms with Crippen LogP contribution in [-0.2, 0) is 6.54 Å². The Labute approximate surface area is 155 Å². The summed E-state index contributed by atoms with van der Waals surface area (Å²) in [6.45, 7) is 2.29. The molecule has 0 aliphatic carbocycles. The zero-order valence-electron chi connectivity index (χ0n) is 14.0. The second-order valence-corrected chi connectivity index (χ2v) is 7.22. The molecular formula is C18H18N4O3S. The third-order valence-electron chi connectivity index (χ3n) is 5.10. The summed E-state index contributed by atoms with van der Waals surface area (Å²) in [6.07, 6.45) is 1.07. The summed E-state index contributed by atoms with van der Waals surface area (Å²) in [7, 11) is 0. The molecule has 4 rings (SSSR count). The molecule has 26 heavy (non-hydrogen) atoms. The van der Waals surface area contributed by atoms with Crippen LogP contribution in [0.15, 0.2) is 47.3 Å². The number of hydrogen-bond acceptors (Lipinski definition) is 4. The van der Waals surface area contributed by atoms with Gasteiger partial charge in [-0.2, -0.15) is 0 Å². The highest BCUT2D eigenvalue weighted by atomic mass is 32.1. The summed E-state index contributed by atoms with van der Waals surface area (Å²) in [4.78, 5) is 24.5. The molecular weight excluding hydrogens is 352 g/mol. The van der Waals surface area contributed by atoms with Crippen molar-refractivity contribution in [2.75, 3.05) is 18.4 Å². The average molecular weight is 370 g/mol. The van der Waals surface area contributed by atoms with Crippen molar-refractivity contribution >= 4 is 28.7 Å². The molecule has 2 aliphatic rings. The van der Waals surface area contributed by atoms with Gasteiger partial charge >= 0.3 is 0 Å². The lowest BCUT2D eigenvalue weighted by Gasteiger charge is -2.43. The fourth-order valence-electron chi connectivity index (χ4n) is 3.93. The number of rotatable bonds is 2. The fraction of sp³-hybridized carbons (Fsp3) is 0.333. The number of thiocarbonyl (C=S) groups is 1. The van der Waals surface area contributed by atoms with E-state index in [4.69, 9.17) is 12.2 Å². The summed E-state index contributed by atoms with van der Waals surface area (Å²) < 4.78 is 1.89.